The first kappa shape index (κ1) is 31.7. The van der Waals surface area contributed by atoms with Crippen molar-refractivity contribution in [2.45, 2.75) is 13.8 Å². The van der Waals surface area contributed by atoms with Gasteiger partial charge in [-0.05, 0) is 83.9 Å². The molecule has 0 heterocycles. The van der Waals surface area contributed by atoms with Gasteiger partial charge in [0.15, 0.2) is 0 Å². The number of para-hydroxylation sites is 4. The topological polar surface area (TPSA) is 54.2 Å². The van der Waals surface area contributed by atoms with Crippen LogP contribution in [-0.2, 0) is 0 Å². The number of rotatable bonds is 8. The Morgan fingerprint density at radius 1 is 0.312 bits per heavy atom. The zero-order valence-electron chi connectivity index (χ0n) is 27.2. The molecule has 0 bridgehead atoms. The van der Waals surface area contributed by atoms with Crippen LogP contribution in [0.4, 0.5) is 34.1 Å². The normalized spacial score (nSPS) is 12.3. The molecule has 6 aromatic carbocycles. The van der Waals surface area contributed by atoms with Gasteiger partial charge in [0, 0.05) is 45.3 Å². The minimum Gasteiger partial charge on any atom is -0.311 e. The molecule has 0 aromatic heterocycles. The zero-order chi connectivity index (χ0) is 33.3. The SMILES string of the molecule is CC.N=C1C(=N)C(c2ccc(N(c3ccccc3)c3ccccc3)cc2)=CC=C1c1ccc(N(c2ccccc2)c2ccccc2)cc1. The lowest BCUT2D eigenvalue weighted by molar-refractivity contribution is 1.28. The van der Waals surface area contributed by atoms with Crippen molar-refractivity contribution in [1.29, 1.82) is 10.8 Å². The van der Waals surface area contributed by atoms with Gasteiger partial charge in [0.1, 0.15) is 0 Å². The maximum Gasteiger partial charge on any atom is 0.0873 e. The van der Waals surface area contributed by atoms with Crippen molar-refractivity contribution < 1.29 is 0 Å². The molecule has 0 saturated heterocycles. The van der Waals surface area contributed by atoms with Crippen LogP contribution in [0, 0.1) is 10.8 Å². The number of hydrogen-bond donors (Lipinski definition) is 2. The molecule has 1 aliphatic carbocycles. The summed E-state index contributed by atoms with van der Waals surface area (Å²) in [5.74, 6) is 0. The standard InChI is InChI=1S/C42H32N4.C2H6/c43-41-39(31-21-25-37(26-22-31)45(33-13-5-1-6-14-33)34-15-7-2-8-16-34)29-30-40(42(41)44)32-23-27-38(28-24-32)46(35-17-9-3-10-18-35)36-19-11-4-12-20-36;1-2/h1-30,43-44H;1-2H3. The van der Waals surface area contributed by atoms with Gasteiger partial charge in [0.25, 0.3) is 0 Å². The van der Waals surface area contributed by atoms with E-state index >= 15 is 0 Å². The maximum atomic E-state index is 8.96. The molecule has 2 N–H and O–H groups in total. The molecule has 6 aromatic rings. The van der Waals surface area contributed by atoms with Crippen LogP contribution in [-0.4, -0.2) is 11.4 Å². The van der Waals surface area contributed by atoms with Crippen molar-refractivity contribution in [3.05, 3.63) is 193 Å². The van der Waals surface area contributed by atoms with Crippen LogP contribution in [0.25, 0.3) is 11.1 Å². The lowest BCUT2D eigenvalue weighted by Gasteiger charge is -2.26. The molecule has 0 radical (unpaired) electrons. The van der Waals surface area contributed by atoms with E-state index in [1.54, 1.807) is 0 Å². The molecule has 0 atom stereocenters. The van der Waals surface area contributed by atoms with Gasteiger partial charge in [-0.1, -0.05) is 123 Å². The summed E-state index contributed by atoms with van der Waals surface area (Å²) in [6, 6.07) is 57.7. The number of nitrogens with one attached hydrogen (secondary N) is 2. The Kier molecular flexibility index (Phi) is 9.84. The predicted molar refractivity (Wildman–Crippen MR) is 205 cm³/mol. The Bertz CT molecular complexity index is 1800. The first-order valence-corrected chi connectivity index (χ1v) is 16.3. The zero-order valence-corrected chi connectivity index (χ0v) is 27.2. The average Bonchev–Trinajstić information content (AvgIpc) is 3.16. The molecule has 4 nitrogen and oxygen atoms in total. The smallest absolute Gasteiger partial charge is 0.0873 e. The average molecular weight is 623 g/mol. The van der Waals surface area contributed by atoms with Crippen LogP contribution in [0.2, 0.25) is 0 Å². The van der Waals surface area contributed by atoms with Crippen LogP contribution < -0.4 is 9.80 Å². The van der Waals surface area contributed by atoms with Gasteiger partial charge in [-0.15, -0.1) is 0 Å². The molecule has 234 valence electrons. The fraction of sp³-hybridized carbons (Fsp3) is 0.0455. The number of nitrogens with zero attached hydrogens (tertiary/aromatic N) is 2. The van der Waals surface area contributed by atoms with Crippen molar-refractivity contribution >= 4 is 56.7 Å². The fourth-order valence-electron chi connectivity index (χ4n) is 5.87. The summed E-state index contributed by atoms with van der Waals surface area (Å²) in [5.41, 5.74) is 10.1. The number of benzene rings is 6. The second-order valence-corrected chi connectivity index (χ2v) is 11.0. The predicted octanol–water partition coefficient (Wildman–Crippen LogP) is 12.2. The van der Waals surface area contributed by atoms with E-state index in [1.807, 2.05) is 123 Å². The lowest BCUT2D eigenvalue weighted by atomic mass is 9.86. The van der Waals surface area contributed by atoms with Crippen LogP contribution >= 0.6 is 0 Å². The van der Waals surface area contributed by atoms with Crippen LogP contribution in [0.5, 0.6) is 0 Å². The van der Waals surface area contributed by atoms with E-state index in [0.29, 0.717) is 0 Å². The van der Waals surface area contributed by atoms with Crippen molar-refractivity contribution in [1.82, 2.24) is 0 Å². The number of hydrogen-bond acceptors (Lipinski definition) is 4. The van der Waals surface area contributed by atoms with E-state index in [9.17, 15) is 0 Å². The highest BCUT2D eigenvalue weighted by atomic mass is 15.1. The van der Waals surface area contributed by atoms with Gasteiger partial charge in [-0.2, -0.15) is 0 Å². The van der Waals surface area contributed by atoms with Gasteiger partial charge in [0.2, 0.25) is 0 Å². The van der Waals surface area contributed by atoms with E-state index in [1.165, 1.54) is 0 Å². The highest BCUT2D eigenvalue weighted by Gasteiger charge is 2.22. The Hall–Kier alpha value is -6.26. The summed E-state index contributed by atoms with van der Waals surface area (Å²) in [6.07, 6.45) is 3.93. The van der Waals surface area contributed by atoms with E-state index in [0.717, 1.165) is 56.4 Å². The molecule has 1 aliphatic rings. The van der Waals surface area contributed by atoms with Gasteiger partial charge < -0.3 is 9.80 Å². The minimum atomic E-state index is 0.215. The molecule has 0 spiro atoms. The van der Waals surface area contributed by atoms with Crippen LogP contribution in [0.1, 0.15) is 25.0 Å². The third kappa shape index (κ3) is 6.64. The Labute approximate surface area is 283 Å². The summed E-state index contributed by atoms with van der Waals surface area (Å²) in [6.45, 7) is 4.00. The second kappa shape index (κ2) is 14.9. The molecular formula is C44H38N4. The number of anilines is 6. The second-order valence-electron chi connectivity index (χ2n) is 11.0. The third-order valence-electron chi connectivity index (χ3n) is 8.14. The molecule has 4 heteroatoms. The van der Waals surface area contributed by atoms with Crippen LogP contribution in [0.3, 0.4) is 0 Å². The maximum absolute atomic E-state index is 8.96. The molecule has 0 amide bonds. The van der Waals surface area contributed by atoms with Crippen LogP contribution in [0.15, 0.2) is 182 Å². The molecule has 7 rings (SSSR count). The highest BCUT2D eigenvalue weighted by molar-refractivity contribution is 6.68. The Morgan fingerprint density at radius 3 is 0.792 bits per heavy atom. The van der Waals surface area contributed by atoms with Crippen molar-refractivity contribution in [2.75, 3.05) is 9.80 Å². The van der Waals surface area contributed by atoms with E-state index in [2.05, 4.69) is 82.6 Å². The molecular weight excluding hydrogens is 585 g/mol. The molecule has 0 aliphatic heterocycles. The van der Waals surface area contributed by atoms with Crippen molar-refractivity contribution in [2.24, 2.45) is 0 Å². The monoisotopic (exact) mass is 622 g/mol. The largest absolute Gasteiger partial charge is 0.311 e. The first-order chi connectivity index (χ1) is 23.7. The Balaban J connectivity index is 0.00000197. The fourth-order valence-corrected chi connectivity index (χ4v) is 5.87. The van der Waals surface area contributed by atoms with Gasteiger partial charge >= 0.3 is 0 Å². The van der Waals surface area contributed by atoms with Crippen molar-refractivity contribution in [3.8, 4) is 0 Å². The third-order valence-corrected chi connectivity index (χ3v) is 8.14. The summed E-state index contributed by atoms with van der Waals surface area (Å²) >= 11 is 0. The van der Waals surface area contributed by atoms with Gasteiger partial charge in [-0.25, -0.2) is 0 Å². The lowest BCUT2D eigenvalue weighted by Crippen LogP contribution is -2.19. The summed E-state index contributed by atoms with van der Waals surface area (Å²) < 4.78 is 0. The first-order valence-electron chi connectivity index (χ1n) is 16.3. The summed E-state index contributed by atoms with van der Waals surface area (Å²) in [7, 11) is 0. The molecule has 0 saturated carbocycles. The van der Waals surface area contributed by atoms with E-state index in [-0.39, 0.29) is 11.4 Å². The summed E-state index contributed by atoms with van der Waals surface area (Å²) in [5, 5.41) is 17.9. The Morgan fingerprint density at radius 2 is 0.542 bits per heavy atom. The van der Waals surface area contributed by atoms with Gasteiger partial charge in [0.05, 0.1) is 11.4 Å². The molecule has 48 heavy (non-hydrogen) atoms. The van der Waals surface area contributed by atoms with E-state index in [4.69, 9.17) is 10.8 Å². The number of allylic oxidation sites excluding steroid dienone is 4. The highest BCUT2D eigenvalue weighted by Crippen LogP contribution is 2.37. The quantitative estimate of drug-likeness (QED) is 0.166. The van der Waals surface area contributed by atoms with E-state index < -0.39 is 0 Å². The molecule has 0 fully saturated rings. The van der Waals surface area contributed by atoms with Crippen molar-refractivity contribution in [3.63, 3.8) is 0 Å². The molecule has 0 unspecified atom stereocenters. The minimum absolute atomic E-state index is 0.215. The summed E-state index contributed by atoms with van der Waals surface area (Å²) in [4.78, 5) is 4.43. The van der Waals surface area contributed by atoms with Gasteiger partial charge in [-0.3, -0.25) is 10.8 Å².